The molecule has 2 rings (SSSR count). The molecule has 0 spiro atoms. The van der Waals surface area contributed by atoms with Crippen LogP contribution in [0.4, 0.5) is 5.69 Å². The third kappa shape index (κ3) is 7.83. The van der Waals surface area contributed by atoms with Gasteiger partial charge in [-0.05, 0) is 49.9 Å². The average molecular weight is 443 g/mol. The van der Waals surface area contributed by atoms with E-state index in [9.17, 15) is 4.79 Å². The monoisotopic (exact) mass is 442 g/mol. The molecule has 1 aromatic rings. The first-order chi connectivity index (χ1) is 15.4. The third-order valence-electron chi connectivity index (χ3n) is 4.79. The molecule has 0 saturated carbocycles. The van der Waals surface area contributed by atoms with Crippen molar-refractivity contribution in [3.8, 4) is 5.75 Å². The number of hydrogen-bond acceptors (Lipinski definition) is 6. The molecule has 174 valence electrons. The number of rotatable bonds is 9. The molecule has 0 fully saturated rings. The largest absolute Gasteiger partial charge is 0.498 e. The first kappa shape index (κ1) is 26.9. The Morgan fingerprint density at radius 1 is 1.25 bits per heavy atom. The number of benzene rings is 1. The molecule has 7 heteroatoms. The average Bonchev–Trinajstić information content (AvgIpc) is 2.82. The Bertz CT molecular complexity index is 873. The summed E-state index contributed by atoms with van der Waals surface area (Å²) in [6.45, 7) is 7.96. The van der Waals surface area contributed by atoms with E-state index in [-0.39, 0.29) is 12.0 Å². The second-order valence-corrected chi connectivity index (χ2v) is 6.84. The molecule has 1 N–H and O–H groups in total. The number of allylic oxidation sites excluding steroid dienone is 2. The fourth-order valence-corrected chi connectivity index (χ4v) is 2.96. The quantitative estimate of drug-likeness (QED) is 0.350. The van der Waals surface area contributed by atoms with Gasteiger partial charge >= 0.3 is 0 Å². The Hall–Kier alpha value is -3.16. The van der Waals surface area contributed by atoms with Crippen molar-refractivity contribution in [3.63, 3.8) is 0 Å². The number of hydrogen-bond donors (Lipinski definition) is 1. The molecule has 1 aliphatic carbocycles. The minimum absolute atomic E-state index is 0.172. The maximum atomic E-state index is 11.3. The highest BCUT2D eigenvalue weighted by Crippen LogP contribution is 2.33. The number of carbonyl (C=O) groups excluding carboxylic acids is 1. The maximum absolute atomic E-state index is 11.3. The molecule has 0 aliphatic heterocycles. The highest BCUT2D eigenvalue weighted by molar-refractivity contribution is 5.99. The molecule has 2 atom stereocenters. The highest BCUT2D eigenvalue weighted by Gasteiger charge is 2.41. The first-order valence-electron chi connectivity index (χ1n) is 10.1. The summed E-state index contributed by atoms with van der Waals surface area (Å²) in [6, 6.07) is 7.17. The lowest BCUT2D eigenvalue weighted by atomic mass is 9.88. The number of methoxy groups -OCH3 is 4. The number of nitrogens with one attached hydrogen (secondary N) is 1. The Kier molecular flexibility index (Phi) is 11.8. The minimum Gasteiger partial charge on any atom is -0.498 e. The molecule has 0 bridgehead atoms. The van der Waals surface area contributed by atoms with Gasteiger partial charge in [0.15, 0.2) is 5.60 Å². The summed E-state index contributed by atoms with van der Waals surface area (Å²) in [5, 5.41) is 2.70. The lowest BCUT2D eigenvalue weighted by Gasteiger charge is -2.37. The fourth-order valence-electron chi connectivity index (χ4n) is 2.96. The predicted octanol–water partition coefficient (Wildman–Crippen LogP) is 4.34. The van der Waals surface area contributed by atoms with Crippen molar-refractivity contribution in [1.82, 2.24) is 0 Å². The van der Waals surface area contributed by atoms with Crippen LogP contribution in [0.15, 0.2) is 77.5 Å². The molecular weight excluding hydrogens is 408 g/mol. The van der Waals surface area contributed by atoms with Gasteiger partial charge in [0.05, 0.1) is 20.8 Å². The van der Waals surface area contributed by atoms with Crippen LogP contribution in [0, 0.1) is 0 Å². The molecule has 0 radical (unpaired) electrons. The molecule has 0 aromatic heterocycles. The molecular formula is C25H34N2O5. The van der Waals surface area contributed by atoms with Crippen LogP contribution >= 0.6 is 0 Å². The van der Waals surface area contributed by atoms with Gasteiger partial charge in [-0.25, -0.2) is 0 Å². The van der Waals surface area contributed by atoms with E-state index < -0.39 is 5.60 Å². The van der Waals surface area contributed by atoms with Gasteiger partial charge in [-0.3, -0.25) is 9.79 Å². The van der Waals surface area contributed by atoms with Crippen LogP contribution in [0.1, 0.15) is 13.8 Å². The Labute approximate surface area is 191 Å². The van der Waals surface area contributed by atoms with E-state index in [1.807, 2.05) is 38.1 Å². The van der Waals surface area contributed by atoms with Gasteiger partial charge in [-0.15, -0.1) is 0 Å². The smallest absolute Gasteiger partial charge is 0.248 e. The molecule has 32 heavy (non-hydrogen) atoms. The van der Waals surface area contributed by atoms with Crippen LogP contribution < -0.4 is 10.1 Å². The summed E-state index contributed by atoms with van der Waals surface area (Å²) < 4.78 is 21.4. The van der Waals surface area contributed by atoms with E-state index in [1.165, 1.54) is 6.08 Å². The van der Waals surface area contributed by atoms with Crippen LogP contribution in [-0.4, -0.2) is 58.8 Å². The normalized spacial score (nSPS) is 20.1. The standard InChI is InChI=1S/C13H21NO3.C12H13NO2/c1-6-14-9-10-7-11(15-3)13(2,17-5)12(8-10)16-4;1-3-4-8-12(14)13-10-6-5-7-11(9-10)15-2/h6-8,11H,9H2,1-5H3;3-9H,1H2,2H3,(H,13,14)/b;8-4+. The number of carbonyl (C=O) groups is 1. The maximum Gasteiger partial charge on any atom is 0.248 e. The van der Waals surface area contributed by atoms with Gasteiger partial charge in [-0.2, -0.15) is 0 Å². The molecule has 1 aliphatic rings. The van der Waals surface area contributed by atoms with Crippen molar-refractivity contribution in [2.45, 2.75) is 25.6 Å². The zero-order chi connectivity index (χ0) is 24.0. The van der Waals surface area contributed by atoms with Gasteiger partial charge < -0.3 is 24.3 Å². The summed E-state index contributed by atoms with van der Waals surface area (Å²) in [6.07, 6.45) is 10.1. The highest BCUT2D eigenvalue weighted by atomic mass is 16.6. The first-order valence-corrected chi connectivity index (χ1v) is 10.1. The minimum atomic E-state index is -0.580. The van der Waals surface area contributed by atoms with E-state index in [0.717, 1.165) is 11.3 Å². The van der Waals surface area contributed by atoms with E-state index in [0.29, 0.717) is 18.0 Å². The third-order valence-corrected chi connectivity index (χ3v) is 4.79. The number of anilines is 1. The van der Waals surface area contributed by atoms with E-state index in [1.54, 1.807) is 58.9 Å². The van der Waals surface area contributed by atoms with Crippen LogP contribution in [0.25, 0.3) is 0 Å². The van der Waals surface area contributed by atoms with E-state index in [2.05, 4.69) is 16.9 Å². The molecule has 0 saturated heterocycles. The number of nitrogens with zero attached hydrogens (tertiary/aromatic N) is 1. The molecule has 2 unspecified atom stereocenters. The summed E-state index contributed by atoms with van der Waals surface area (Å²) in [5.41, 5.74) is 1.19. The molecule has 7 nitrogen and oxygen atoms in total. The van der Waals surface area contributed by atoms with Gasteiger partial charge in [0.2, 0.25) is 5.91 Å². The van der Waals surface area contributed by atoms with Crippen LogP contribution in [0.3, 0.4) is 0 Å². The summed E-state index contributed by atoms with van der Waals surface area (Å²) in [7, 11) is 6.54. The zero-order valence-electron chi connectivity index (χ0n) is 19.8. The summed E-state index contributed by atoms with van der Waals surface area (Å²) >= 11 is 0. The number of ether oxygens (including phenoxy) is 4. The van der Waals surface area contributed by atoms with Crippen LogP contribution in [-0.2, 0) is 19.0 Å². The van der Waals surface area contributed by atoms with Crippen LogP contribution in [0.2, 0.25) is 0 Å². The SMILES string of the molecule is C=C/C=C/C(=O)Nc1cccc(OC)c1.CC=NCC1=CC(OC)C(C)(OC)C(OC)=C1. The Morgan fingerprint density at radius 3 is 2.56 bits per heavy atom. The van der Waals surface area contributed by atoms with Gasteiger partial charge in [-0.1, -0.05) is 24.8 Å². The van der Waals surface area contributed by atoms with E-state index in [4.69, 9.17) is 18.9 Å². The van der Waals surface area contributed by atoms with Crippen molar-refractivity contribution in [1.29, 1.82) is 0 Å². The zero-order valence-corrected chi connectivity index (χ0v) is 19.8. The summed E-state index contributed by atoms with van der Waals surface area (Å²) in [5.74, 6) is 1.28. The van der Waals surface area contributed by atoms with Gasteiger partial charge in [0.1, 0.15) is 17.6 Å². The topological polar surface area (TPSA) is 78.4 Å². The molecule has 0 heterocycles. The van der Waals surface area contributed by atoms with Gasteiger partial charge in [0.25, 0.3) is 0 Å². The molecule has 1 aromatic carbocycles. The molecule has 1 amide bonds. The number of aliphatic imine (C=N–C) groups is 1. The summed E-state index contributed by atoms with van der Waals surface area (Å²) in [4.78, 5) is 15.5. The van der Waals surface area contributed by atoms with Gasteiger partial charge in [0, 0.05) is 32.0 Å². The van der Waals surface area contributed by atoms with Crippen molar-refractivity contribution in [2.24, 2.45) is 4.99 Å². The van der Waals surface area contributed by atoms with Crippen molar-refractivity contribution in [2.75, 3.05) is 40.3 Å². The fraction of sp³-hybridized carbons (Fsp3) is 0.360. The second kappa shape index (κ2) is 14.0. The van der Waals surface area contributed by atoms with Crippen LogP contribution in [0.5, 0.6) is 5.75 Å². The predicted molar refractivity (Wildman–Crippen MR) is 129 cm³/mol. The lowest BCUT2D eigenvalue weighted by Crippen LogP contribution is -2.45. The lowest BCUT2D eigenvalue weighted by molar-refractivity contribution is -0.111. The second-order valence-electron chi connectivity index (χ2n) is 6.84. The van der Waals surface area contributed by atoms with Crippen molar-refractivity contribution < 1.29 is 23.7 Å². The van der Waals surface area contributed by atoms with Crippen molar-refractivity contribution >= 4 is 17.8 Å². The Morgan fingerprint density at radius 2 is 2.00 bits per heavy atom. The van der Waals surface area contributed by atoms with Crippen molar-refractivity contribution in [3.05, 3.63) is 72.6 Å². The Balaban J connectivity index is 0.000000323. The number of amides is 1. The van der Waals surface area contributed by atoms with E-state index >= 15 is 0 Å².